The summed E-state index contributed by atoms with van der Waals surface area (Å²) < 4.78 is 16.4. The molecule has 0 bridgehead atoms. The van der Waals surface area contributed by atoms with Crippen molar-refractivity contribution < 1.29 is 9.31 Å². The molecule has 0 fully saturated rings. The molecule has 0 unspecified atom stereocenters. The molecule has 1 N–H and O–H groups in total. The van der Waals surface area contributed by atoms with Crippen LogP contribution in [0.3, 0.4) is 0 Å². The average molecular weight is 483 g/mol. The molecular weight excluding hydrogens is 475 g/mol. The van der Waals surface area contributed by atoms with Crippen molar-refractivity contribution in [3.05, 3.63) is 65.2 Å². The fourth-order valence-corrected chi connectivity index (χ4v) is 4.28. The highest BCUT2D eigenvalue weighted by molar-refractivity contribution is 9.11. The van der Waals surface area contributed by atoms with Crippen molar-refractivity contribution in [3.8, 4) is 0 Å². The van der Waals surface area contributed by atoms with Crippen LogP contribution in [0.5, 0.6) is 0 Å². The average Bonchev–Trinajstić information content (AvgIpc) is 2.38. The van der Waals surface area contributed by atoms with E-state index >= 15 is 0 Å². The lowest BCUT2D eigenvalue weighted by molar-refractivity contribution is -0.387. The van der Waals surface area contributed by atoms with Gasteiger partial charge >= 0.3 is 5.69 Å². The number of hydrogen-bond donors (Lipinski definition) is 1. The van der Waals surface area contributed by atoms with Crippen molar-refractivity contribution in [3.63, 3.8) is 0 Å². The minimum Gasteiger partial charge on any atom is -0.379 e. The summed E-state index contributed by atoms with van der Waals surface area (Å²) in [7, 11) is 0. The van der Waals surface area contributed by atoms with Gasteiger partial charge in [0.05, 0.1) is 10.6 Å². The van der Waals surface area contributed by atoms with E-state index in [2.05, 4.69) is 53.1 Å². The minimum absolute atomic E-state index is 0.131. The second-order valence-electron chi connectivity index (χ2n) is 4.11. The van der Waals surface area contributed by atoms with E-state index in [4.69, 9.17) is 0 Å². The molecule has 0 spiro atoms. The van der Waals surface area contributed by atoms with Gasteiger partial charge in [0.25, 0.3) is 0 Å². The highest BCUT2D eigenvalue weighted by Gasteiger charge is 2.17. The zero-order valence-electron chi connectivity index (χ0n) is 10.4. The molecular formula is C13H8Br3FN2O2. The third-order valence-electron chi connectivity index (χ3n) is 2.72. The first kappa shape index (κ1) is 16.4. The lowest BCUT2D eigenvalue weighted by Crippen LogP contribution is -2.05. The summed E-state index contributed by atoms with van der Waals surface area (Å²) >= 11 is 10.2. The zero-order chi connectivity index (χ0) is 15.6. The molecule has 0 amide bonds. The van der Waals surface area contributed by atoms with Gasteiger partial charge in [-0.1, -0.05) is 28.1 Å². The monoisotopic (exact) mass is 480 g/mol. The molecule has 2 rings (SSSR count). The summed E-state index contributed by atoms with van der Waals surface area (Å²) in [6.07, 6.45) is 0. The van der Waals surface area contributed by atoms with Gasteiger partial charge in [0.2, 0.25) is 5.82 Å². The quantitative estimate of drug-likeness (QED) is 0.453. The van der Waals surface area contributed by atoms with Crippen LogP contribution < -0.4 is 5.32 Å². The first-order valence-electron chi connectivity index (χ1n) is 5.70. The van der Waals surface area contributed by atoms with E-state index in [9.17, 15) is 14.5 Å². The topological polar surface area (TPSA) is 55.2 Å². The second kappa shape index (κ2) is 6.85. The van der Waals surface area contributed by atoms with Crippen molar-refractivity contribution in [1.29, 1.82) is 0 Å². The summed E-state index contributed by atoms with van der Waals surface area (Å²) in [6.45, 7) is 0.131. The van der Waals surface area contributed by atoms with Crippen molar-refractivity contribution in [1.82, 2.24) is 0 Å². The second-order valence-corrected chi connectivity index (χ2v) is 6.73. The van der Waals surface area contributed by atoms with E-state index in [1.807, 2.05) is 12.1 Å². The number of rotatable bonds is 4. The largest absolute Gasteiger partial charge is 0.379 e. The highest BCUT2D eigenvalue weighted by atomic mass is 79.9. The molecule has 0 saturated heterocycles. The Kier molecular flexibility index (Phi) is 5.34. The van der Waals surface area contributed by atoms with Gasteiger partial charge in [-0.25, -0.2) is 0 Å². The Hall–Kier alpha value is -0.990. The number of nitrogens with zero attached hydrogens (tertiary/aromatic N) is 1. The lowest BCUT2D eigenvalue weighted by Gasteiger charge is -2.12. The van der Waals surface area contributed by atoms with Crippen molar-refractivity contribution in [2.45, 2.75) is 6.54 Å². The fourth-order valence-electron chi connectivity index (χ4n) is 1.74. The Labute approximate surface area is 145 Å². The predicted molar refractivity (Wildman–Crippen MR) is 89.9 cm³/mol. The van der Waals surface area contributed by atoms with Gasteiger partial charge in [-0.05, 0) is 44.0 Å². The van der Waals surface area contributed by atoms with Crippen molar-refractivity contribution >= 4 is 59.2 Å². The molecule has 0 aliphatic carbocycles. The molecule has 0 aromatic heterocycles. The highest BCUT2D eigenvalue weighted by Crippen LogP contribution is 2.35. The number of hydrogen-bond acceptors (Lipinski definition) is 3. The molecule has 0 atom stereocenters. The Morgan fingerprint density at radius 3 is 2.38 bits per heavy atom. The standard InChI is InChI=1S/C13H8Br3FN2O2/c14-8-4-9(15)13(10(16)5-8)18-6-7-2-1-3-11(12(7)17)19(20)21/h1-5,18H,6H2. The molecule has 110 valence electrons. The number of halogens is 4. The fraction of sp³-hybridized carbons (Fsp3) is 0.0769. The van der Waals surface area contributed by atoms with Gasteiger partial charge in [0.1, 0.15) is 0 Å². The van der Waals surface area contributed by atoms with E-state index in [1.54, 1.807) is 0 Å². The van der Waals surface area contributed by atoms with Crippen LogP contribution in [0, 0.1) is 15.9 Å². The number of nitrogens with one attached hydrogen (secondary N) is 1. The van der Waals surface area contributed by atoms with Gasteiger partial charge in [-0.2, -0.15) is 4.39 Å². The van der Waals surface area contributed by atoms with E-state index in [-0.39, 0.29) is 12.1 Å². The molecule has 0 aliphatic rings. The van der Waals surface area contributed by atoms with Crippen molar-refractivity contribution in [2.75, 3.05) is 5.32 Å². The van der Waals surface area contributed by atoms with Gasteiger partial charge in [-0.3, -0.25) is 10.1 Å². The molecule has 2 aromatic rings. The third kappa shape index (κ3) is 3.81. The van der Waals surface area contributed by atoms with Crippen LogP contribution in [-0.2, 0) is 6.54 Å². The summed E-state index contributed by atoms with van der Waals surface area (Å²) in [5.74, 6) is -0.820. The molecule has 21 heavy (non-hydrogen) atoms. The van der Waals surface area contributed by atoms with Crippen LogP contribution in [0.15, 0.2) is 43.7 Å². The summed E-state index contributed by atoms with van der Waals surface area (Å²) in [5, 5.41) is 13.8. The van der Waals surface area contributed by atoms with E-state index in [1.165, 1.54) is 12.1 Å². The third-order valence-corrected chi connectivity index (χ3v) is 4.43. The van der Waals surface area contributed by atoms with Crippen molar-refractivity contribution in [2.24, 2.45) is 0 Å². The summed E-state index contributed by atoms with van der Waals surface area (Å²) in [6, 6.07) is 7.80. The maximum absolute atomic E-state index is 14.0. The molecule has 0 heterocycles. The van der Waals surface area contributed by atoms with E-state index in [0.717, 1.165) is 25.2 Å². The van der Waals surface area contributed by atoms with Crippen LogP contribution in [-0.4, -0.2) is 4.92 Å². The van der Waals surface area contributed by atoms with Crippen LogP contribution in [0.1, 0.15) is 5.56 Å². The zero-order valence-corrected chi connectivity index (χ0v) is 15.1. The lowest BCUT2D eigenvalue weighted by atomic mass is 10.2. The van der Waals surface area contributed by atoms with E-state index in [0.29, 0.717) is 0 Å². The molecule has 0 radical (unpaired) electrons. The first-order valence-corrected chi connectivity index (χ1v) is 8.08. The van der Waals surface area contributed by atoms with Gasteiger partial charge < -0.3 is 5.32 Å². The van der Waals surface area contributed by atoms with Gasteiger partial charge in [-0.15, -0.1) is 0 Å². The number of anilines is 1. The minimum atomic E-state index is -0.820. The molecule has 4 nitrogen and oxygen atoms in total. The number of nitro benzene ring substituents is 1. The first-order chi connectivity index (χ1) is 9.90. The number of nitro groups is 1. The van der Waals surface area contributed by atoms with E-state index < -0.39 is 16.4 Å². The predicted octanol–water partition coefficient (Wildman–Crippen LogP) is 5.63. The van der Waals surface area contributed by atoms with Gasteiger partial charge in [0, 0.05) is 31.6 Å². The van der Waals surface area contributed by atoms with Crippen LogP contribution in [0.25, 0.3) is 0 Å². The Morgan fingerprint density at radius 2 is 1.81 bits per heavy atom. The smallest absolute Gasteiger partial charge is 0.305 e. The van der Waals surface area contributed by atoms with Crippen LogP contribution >= 0.6 is 47.8 Å². The Morgan fingerprint density at radius 1 is 1.19 bits per heavy atom. The SMILES string of the molecule is O=[N+]([O-])c1cccc(CNc2c(Br)cc(Br)cc2Br)c1F. The maximum atomic E-state index is 14.0. The molecule has 0 aliphatic heterocycles. The Bertz CT molecular complexity index is 687. The summed E-state index contributed by atoms with van der Waals surface area (Å²) in [4.78, 5) is 9.99. The maximum Gasteiger partial charge on any atom is 0.305 e. The Balaban J connectivity index is 2.25. The van der Waals surface area contributed by atoms with Crippen LogP contribution in [0.4, 0.5) is 15.8 Å². The van der Waals surface area contributed by atoms with Gasteiger partial charge in [0.15, 0.2) is 0 Å². The molecule has 2 aromatic carbocycles. The normalized spacial score (nSPS) is 10.5. The molecule has 0 saturated carbocycles. The number of benzene rings is 2. The van der Waals surface area contributed by atoms with Crippen LogP contribution in [0.2, 0.25) is 0 Å². The summed E-state index contributed by atoms with van der Waals surface area (Å²) in [5.41, 5.74) is 0.443. The molecule has 8 heteroatoms.